The number of carbonyl (C=O) groups excluding carboxylic acids is 1. The molecule has 0 unspecified atom stereocenters. The van der Waals surface area contributed by atoms with Gasteiger partial charge in [0, 0.05) is 18.7 Å². The number of fused-ring (bicyclic) bond motifs is 1. The first-order valence-corrected chi connectivity index (χ1v) is 9.84. The van der Waals surface area contributed by atoms with Gasteiger partial charge in [0.2, 0.25) is 10.0 Å². The maximum Gasteiger partial charge on any atom is 0.269 e. The van der Waals surface area contributed by atoms with Crippen LogP contribution in [-0.2, 0) is 16.4 Å². The SMILES string of the molecule is C[C@H]1Cc2cc(C(=O)NN(C)c3ccccc3)ccc2N1S(C)(=O)=O. The number of sulfonamides is 1. The van der Waals surface area contributed by atoms with Gasteiger partial charge in [-0.15, -0.1) is 0 Å². The van der Waals surface area contributed by atoms with Crippen molar-refractivity contribution in [3.8, 4) is 0 Å². The highest BCUT2D eigenvalue weighted by atomic mass is 32.2. The third-order valence-corrected chi connectivity index (χ3v) is 5.54. The number of carbonyl (C=O) groups is 1. The predicted molar refractivity (Wildman–Crippen MR) is 99.2 cm³/mol. The molecule has 1 amide bonds. The van der Waals surface area contributed by atoms with Crippen LogP contribution in [0.5, 0.6) is 0 Å². The maximum absolute atomic E-state index is 12.5. The molecule has 0 aliphatic carbocycles. The quantitative estimate of drug-likeness (QED) is 0.850. The van der Waals surface area contributed by atoms with Crippen LogP contribution in [0.3, 0.4) is 0 Å². The van der Waals surface area contributed by atoms with Crippen molar-refractivity contribution in [1.29, 1.82) is 0 Å². The van der Waals surface area contributed by atoms with Crippen LogP contribution in [0, 0.1) is 0 Å². The Morgan fingerprint density at radius 1 is 1.20 bits per heavy atom. The number of hydrazine groups is 1. The molecule has 0 bridgehead atoms. The van der Waals surface area contributed by atoms with Gasteiger partial charge in [0.1, 0.15) is 0 Å². The van der Waals surface area contributed by atoms with Gasteiger partial charge in [-0.2, -0.15) is 0 Å². The second-order valence-electron chi connectivity index (χ2n) is 6.29. The minimum Gasteiger partial charge on any atom is -0.288 e. The molecule has 0 saturated carbocycles. The zero-order valence-electron chi connectivity index (χ0n) is 14.4. The molecule has 2 aromatic rings. The lowest BCUT2D eigenvalue weighted by molar-refractivity contribution is 0.0951. The van der Waals surface area contributed by atoms with E-state index >= 15 is 0 Å². The first-order chi connectivity index (χ1) is 11.8. The number of benzene rings is 2. The largest absolute Gasteiger partial charge is 0.288 e. The van der Waals surface area contributed by atoms with Crippen molar-refractivity contribution in [1.82, 2.24) is 5.43 Å². The Balaban J connectivity index is 1.81. The second-order valence-corrected chi connectivity index (χ2v) is 8.15. The Morgan fingerprint density at radius 3 is 2.52 bits per heavy atom. The number of hydrogen-bond acceptors (Lipinski definition) is 4. The average molecular weight is 359 g/mol. The van der Waals surface area contributed by atoms with Crippen molar-refractivity contribution < 1.29 is 13.2 Å². The van der Waals surface area contributed by atoms with E-state index in [1.54, 1.807) is 30.3 Å². The smallest absolute Gasteiger partial charge is 0.269 e. The molecular weight excluding hydrogens is 338 g/mol. The van der Waals surface area contributed by atoms with E-state index in [9.17, 15) is 13.2 Å². The van der Waals surface area contributed by atoms with Gasteiger partial charge in [-0.25, -0.2) is 8.42 Å². The van der Waals surface area contributed by atoms with Gasteiger partial charge >= 0.3 is 0 Å². The Bertz CT molecular complexity index is 897. The van der Waals surface area contributed by atoms with Gasteiger partial charge in [0.25, 0.3) is 5.91 Å². The van der Waals surface area contributed by atoms with Gasteiger partial charge < -0.3 is 0 Å². The minimum absolute atomic E-state index is 0.143. The molecular formula is C18H21N3O3S. The van der Waals surface area contributed by atoms with Crippen molar-refractivity contribution in [3.63, 3.8) is 0 Å². The highest BCUT2D eigenvalue weighted by Gasteiger charge is 2.32. The molecule has 0 radical (unpaired) electrons. The molecule has 25 heavy (non-hydrogen) atoms. The van der Waals surface area contributed by atoms with Crippen molar-refractivity contribution >= 4 is 27.3 Å². The molecule has 132 valence electrons. The Hall–Kier alpha value is -2.54. The molecule has 7 heteroatoms. The monoisotopic (exact) mass is 359 g/mol. The fraction of sp³-hybridized carbons (Fsp3) is 0.278. The Morgan fingerprint density at radius 2 is 1.88 bits per heavy atom. The second kappa shape index (κ2) is 6.40. The van der Waals surface area contributed by atoms with E-state index in [0.29, 0.717) is 17.7 Å². The molecule has 1 aliphatic rings. The van der Waals surface area contributed by atoms with E-state index in [1.807, 2.05) is 37.3 Å². The van der Waals surface area contributed by atoms with E-state index in [-0.39, 0.29) is 11.9 Å². The number of para-hydroxylation sites is 1. The predicted octanol–water partition coefficient (Wildman–Crippen LogP) is 2.18. The topological polar surface area (TPSA) is 69.7 Å². The third kappa shape index (κ3) is 3.46. The highest BCUT2D eigenvalue weighted by Crippen LogP contribution is 2.34. The molecule has 3 rings (SSSR count). The average Bonchev–Trinajstić information content (AvgIpc) is 2.90. The van der Waals surface area contributed by atoms with Crippen LogP contribution in [0.1, 0.15) is 22.8 Å². The molecule has 0 spiro atoms. The Kier molecular flexibility index (Phi) is 4.43. The normalized spacial score (nSPS) is 16.4. The zero-order valence-corrected chi connectivity index (χ0v) is 15.2. The van der Waals surface area contributed by atoms with Gasteiger partial charge in [-0.05, 0) is 49.2 Å². The fourth-order valence-corrected chi connectivity index (χ4v) is 4.45. The number of anilines is 2. The van der Waals surface area contributed by atoms with E-state index < -0.39 is 10.0 Å². The van der Waals surface area contributed by atoms with E-state index in [0.717, 1.165) is 11.3 Å². The van der Waals surface area contributed by atoms with E-state index in [2.05, 4.69) is 5.43 Å². The van der Waals surface area contributed by atoms with E-state index in [1.165, 1.54) is 10.6 Å². The lowest BCUT2D eigenvalue weighted by Gasteiger charge is -2.22. The zero-order chi connectivity index (χ0) is 18.2. The third-order valence-electron chi connectivity index (χ3n) is 4.26. The van der Waals surface area contributed by atoms with Crippen LogP contribution in [0.15, 0.2) is 48.5 Å². The summed E-state index contributed by atoms with van der Waals surface area (Å²) in [4.78, 5) is 12.5. The highest BCUT2D eigenvalue weighted by molar-refractivity contribution is 7.92. The van der Waals surface area contributed by atoms with Gasteiger partial charge in [0.05, 0.1) is 17.6 Å². The number of nitrogens with zero attached hydrogens (tertiary/aromatic N) is 2. The number of nitrogens with one attached hydrogen (secondary N) is 1. The summed E-state index contributed by atoms with van der Waals surface area (Å²) in [6.45, 7) is 1.87. The number of hydrogen-bond donors (Lipinski definition) is 1. The van der Waals surface area contributed by atoms with Gasteiger partial charge in [-0.3, -0.25) is 19.5 Å². The molecule has 1 aliphatic heterocycles. The summed E-state index contributed by atoms with van der Waals surface area (Å²) < 4.78 is 25.4. The summed E-state index contributed by atoms with van der Waals surface area (Å²) >= 11 is 0. The number of amides is 1. The molecule has 2 aromatic carbocycles. The molecule has 0 fully saturated rings. The van der Waals surface area contributed by atoms with Crippen LogP contribution in [0.25, 0.3) is 0 Å². The van der Waals surface area contributed by atoms with Crippen LogP contribution in [-0.4, -0.2) is 33.7 Å². The summed E-state index contributed by atoms with van der Waals surface area (Å²) in [5.74, 6) is -0.236. The van der Waals surface area contributed by atoms with Gasteiger partial charge in [0.15, 0.2) is 0 Å². The van der Waals surface area contributed by atoms with Crippen LogP contribution < -0.4 is 14.7 Å². The van der Waals surface area contributed by atoms with Crippen LogP contribution >= 0.6 is 0 Å². The molecule has 1 N–H and O–H groups in total. The van der Waals surface area contributed by atoms with Crippen molar-refractivity contribution in [3.05, 3.63) is 59.7 Å². The minimum atomic E-state index is -3.33. The molecule has 6 nitrogen and oxygen atoms in total. The molecule has 0 aromatic heterocycles. The standard InChI is InChI=1S/C18H21N3O3S/c1-13-11-15-12-14(9-10-17(15)21(13)25(3,23)24)18(22)19-20(2)16-7-5-4-6-8-16/h4-10,12-13H,11H2,1-3H3,(H,19,22)/t13-/m0/s1. The lowest BCUT2D eigenvalue weighted by Crippen LogP contribution is -2.39. The summed E-state index contributed by atoms with van der Waals surface area (Å²) in [5.41, 5.74) is 5.72. The molecule has 0 saturated heterocycles. The molecule has 1 heterocycles. The van der Waals surface area contributed by atoms with E-state index in [4.69, 9.17) is 0 Å². The van der Waals surface area contributed by atoms with Crippen molar-refractivity contribution in [2.45, 2.75) is 19.4 Å². The first kappa shape index (κ1) is 17.3. The van der Waals surface area contributed by atoms with Crippen molar-refractivity contribution in [2.75, 3.05) is 22.6 Å². The lowest BCUT2D eigenvalue weighted by atomic mass is 10.1. The fourth-order valence-electron chi connectivity index (χ4n) is 3.18. The maximum atomic E-state index is 12.5. The Labute approximate surface area is 148 Å². The van der Waals surface area contributed by atoms with Crippen LogP contribution in [0.2, 0.25) is 0 Å². The van der Waals surface area contributed by atoms with Crippen molar-refractivity contribution in [2.24, 2.45) is 0 Å². The summed E-state index contributed by atoms with van der Waals surface area (Å²) in [5, 5.41) is 1.65. The summed E-state index contributed by atoms with van der Waals surface area (Å²) in [6.07, 6.45) is 1.80. The molecule has 1 atom stereocenters. The van der Waals surface area contributed by atoms with Crippen LogP contribution in [0.4, 0.5) is 11.4 Å². The van der Waals surface area contributed by atoms with Gasteiger partial charge in [-0.1, -0.05) is 18.2 Å². The summed E-state index contributed by atoms with van der Waals surface area (Å²) in [7, 11) is -1.56. The summed E-state index contributed by atoms with van der Waals surface area (Å²) in [6, 6.07) is 14.5. The number of rotatable bonds is 4. The first-order valence-electron chi connectivity index (χ1n) is 7.99.